The molecule has 26 heavy (non-hydrogen) atoms. The van der Waals surface area contributed by atoms with Crippen LogP contribution < -0.4 is 0 Å². The number of nitrogens with one attached hydrogen (secondary N) is 1. The molecule has 3 aromatic rings. The molecule has 1 aromatic carbocycles. The van der Waals surface area contributed by atoms with Crippen molar-refractivity contribution in [2.24, 2.45) is 0 Å². The van der Waals surface area contributed by atoms with Crippen LogP contribution in [-0.2, 0) is 17.8 Å². The molecule has 0 radical (unpaired) electrons. The SMILES string of the molecule is Cc1ncc(-c2cc(Cl)c(Cl)c3[nH]c4c(c23)CN(C(=O)CO)CC4)cn1. The Morgan fingerprint density at radius 1 is 1.35 bits per heavy atom. The number of aromatic nitrogens is 3. The molecule has 2 N–H and O–H groups in total. The Kier molecular flexibility index (Phi) is 4.34. The number of rotatable bonds is 2. The van der Waals surface area contributed by atoms with Crippen LogP contribution in [0.15, 0.2) is 18.5 Å². The first-order valence-electron chi connectivity index (χ1n) is 8.18. The number of hydrogen-bond acceptors (Lipinski definition) is 4. The maximum atomic E-state index is 11.9. The van der Waals surface area contributed by atoms with E-state index in [0.29, 0.717) is 35.4 Å². The number of halogens is 2. The summed E-state index contributed by atoms with van der Waals surface area (Å²) in [5, 5.41) is 11.0. The van der Waals surface area contributed by atoms with Crippen LogP contribution in [0.4, 0.5) is 0 Å². The average Bonchev–Trinajstić information content (AvgIpc) is 3.04. The fourth-order valence-electron chi connectivity index (χ4n) is 3.41. The fourth-order valence-corrected chi connectivity index (χ4v) is 3.81. The van der Waals surface area contributed by atoms with Crippen molar-refractivity contribution in [2.45, 2.75) is 19.9 Å². The smallest absolute Gasteiger partial charge is 0.248 e. The molecule has 6 nitrogen and oxygen atoms in total. The van der Waals surface area contributed by atoms with Crippen LogP contribution in [0.2, 0.25) is 10.0 Å². The maximum Gasteiger partial charge on any atom is 0.248 e. The summed E-state index contributed by atoms with van der Waals surface area (Å²) in [6, 6.07) is 1.81. The van der Waals surface area contributed by atoms with Crippen LogP contribution >= 0.6 is 23.2 Å². The van der Waals surface area contributed by atoms with E-state index in [1.807, 2.05) is 6.92 Å². The highest BCUT2D eigenvalue weighted by Gasteiger charge is 2.27. The molecule has 0 unspecified atom stereocenters. The predicted octanol–water partition coefficient (Wildman–Crippen LogP) is 3.12. The molecule has 0 bridgehead atoms. The number of aromatic amines is 1. The summed E-state index contributed by atoms with van der Waals surface area (Å²) in [5.74, 6) is 0.395. The van der Waals surface area contributed by atoms with Crippen molar-refractivity contribution in [1.29, 1.82) is 0 Å². The molecular formula is C18H16Cl2N4O2. The highest BCUT2D eigenvalue weighted by molar-refractivity contribution is 6.45. The van der Waals surface area contributed by atoms with Crippen molar-refractivity contribution in [3.05, 3.63) is 45.6 Å². The number of carbonyl (C=O) groups excluding carboxylic acids is 1. The Labute approximate surface area is 159 Å². The van der Waals surface area contributed by atoms with Crippen molar-refractivity contribution < 1.29 is 9.90 Å². The largest absolute Gasteiger partial charge is 0.387 e. The van der Waals surface area contributed by atoms with E-state index in [1.54, 1.807) is 23.4 Å². The summed E-state index contributed by atoms with van der Waals surface area (Å²) < 4.78 is 0. The Morgan fingerprint density at radius 2 is 2.08 bits per heavy atom. The standard InChI is InChI=1S/C18H16Cl2N4O2/c1-9-21-5-10(6-22-9)11-4-13(19)17(20)18-16(11)12-7-24(15(26)8-25)3-2-14(12)23-18/h4-6,23,25H,2-3,7-8H2,1H3. The second-order valence-corrected chi connectivity index (χ2v) is 7.08. The van der Waals surface area contributed by atoms with Crippen molar-refractivity contribution in [2.75, 3.05) is 13.2 Å². The van der Waals surface area contributed by atoms with Crippen LogP contribution in [0.3, 0.4) is 0 Å². The number of aliphatic hydroxyl groups is 1. The zero-order valence-electron chi connectivity index (χ0n) is 14.0. The van der Waals surface area contributed by atoms with Gasteiger partial charge in [-0.2, -0.15) is 0 Å². The van der Waals surface area contributed by atoms with Gasteiger partial charge in [0.05, 0.1) is 15.6 Å². The molecule has 2 aromatic heterocycles. The molecule has 4 rings (SSSR count). The Balaban J connectivity index is 1.95. The third-order valence-electron chi connectivity index (χ3n) is 4.72. The van der Waals surface area contributed by atoms with Crippen molar-refractivity contribution >= 4 is 40.0 Å². The lowest BCUT2D eigenvalue weighted by molar-refractivity contribution is -0.135. The fraction of sp³-hybridized carbons (Fsp3) is 0.278. The van der Waals surface area contributed by atoms with E-state index in [-0.39, 0.29) is 5.91 Å². The van der Waals surface area contributed by atoms with E-state index >= 15 is 0 Å². The van der Waals surface area contributed by atoms with Crippen molar-refractivity contribution in [1.82, 2.24) is 19.9 Å². The lowest BCUT2D eigenvalue weighted by Crippen LogP contribution is -2.37. The zero-order chi connectivity index (χ0) is 18.4. The summed E-state index contributed by atoms with van der Waals surface area (Å²) >= 11 is 12.8. The van der Waals surface area contributed by atoms with Crippen LogP contribution in [0, 0.1) is 6.92 Å². The van der Waals surface area contributed by atoms with E-state index in [2.05, 4.69) is 15.0 Å². The number of fused-ring (bicyclic) bond motifs is 3. The minimum atomic E-state index is -0.497. The van der Waals surface area contributed by atoms with E-state index in [0.717, 1.165) is 33.3 Å². The molecule has 134 valence electrons. The molecule has 8 heteroatoms. The first-order chi connectivity index (χ1) is 12.5. The molecule has 0 atom stereocenters. The van der Waals surface area contributed by atoms with Gasteiger partial charge in [0.15, 0.2) is 0 Å². The lowest BCUT2D eigenvalue weighted by Gasteiger charge is -2.27. The van der Waals surface area contributed by atoms with Gasteiger partial charge < -0.3 is 15.0 Å². The van der Waals surface area contributed by atoms with Gasteiger partial charge in [-0.1, -0.05) is 23.2 Å². The molecular weight excluding hydrogens is 375 g/mol. The van der Waals surface area contributed by atoms with Gasteiger partial charge in [0.2, 0.25) is 5.91 Å². The number of amides is 1. The monoisotopic (exact) mass is 390 g/mol. The van der Waals surface area contributed by atoms with Gasteiger partial charge in [0.1, 0.15) is 12.4 Å². The summed E-state index contributed by atoms with van der Waals surface area (Å²) in [4.78, 5) is 25.5. The third-order valence-corrected chi connectivity index (χ3v) is 5.51. The van der Waals surface area contributed by atoms with Crippen LogP contribution in [0.5, 0.6) is 0 Å². The molecule has 0 spiro atoms. The average molecular weight is 391 g/mol. The van der Waals surface area contributed by atoms with E-state index in [9.17, 15) is 9.90 Å². The Hall–Kier alpha value is -2.15. The topological polar surface area (TPSA) is 82.1 Å². The number of carbonyl (C=O) groups is 1. The number of hydrogen-bond donors (Lipinski definition) is 2. The molecule has 0 saturated heterocycles. The quantitative estimate of drug-likeness (QED) is 0.703. The summed E-state index contributed by atoms with van der Waals surface area (Å²) in [5.41, 5.74) is 4.46. The van der Waals surface area contributed by atoms with E-state index in [4.69, 9.17) is 23.2 Å². The first-order valence-corrected chi connectivity index (χ1v) is 8.94. The maximum absolute atomic E-state index is 11.9. The molecule has 3 heterocycles. The highest BCUT2D eigenvalue weighted by Crippen LogP contribution is 2.42. The Bertz CT molecular complexity index is 1010. The second-order valence-electron chi connectivity index (χ2n) is 6.29. The van der Waals surface area contributed by atoms with Gasteiger partial charge in [0, 0.05) is 54.1 Å². The van der Waals surface area contributed by atoms with Gasteiger partial charge in [-0.15, -0.1) is 0 Å². The van der Waals surface area contributed by atoms with Gasteiger partial charge in [-0.05, 0) is 18.6 Å². The number of aryl methyl sites for hydroxylation is 1. The number of aliphatic hydroxyl groups excluding tert-OH is 1. The van der Waals surface area contributed by atoms with E-state index in [1.165, 1.54) is 0 Å². The van der Waals surface area contributed by atoms with E-state index < -0.39 is 6.61 Å². The lowest BCUT2D eigenvalue weighted by atomic mass is 9.97. The summed E-state index contributed by atoms with van der Waals surface area (Å²) in [6.45, 7) is 2.29. The van der Waals surface area contributed by atoms with Gasteiger partial charge in [-0.3, -0.25) is 4.79 Å². The number of H-pyrrole nitrogens is 1. The molecule has 0 saturated carbocycles. The third kappa shape index (κ3) is 2.74. The summed E-state index contributed by atoms with van der Waals surface area (Å²) in [6.07, 6.45) is 4.16. The number of nitrogens with zero attached hydrogens (tertiary/aromatic N) is 3. The minimum absolute atomic E-state index is 0.287. The van der Waals surface area contributed by atoms with Crippen LogP contribution in [0.1, 0.15) is 17.1 Å². The molecule has 1 amide bonds. The minimum Gasteiger partial charge on any atom is -0.387 e. The predicted molar refractivity (Wildman–Crippen MR) is 100 cm³/mol. The number of benzene rings is 1. The van der Waals surface area contributed by atoms with Gasteiger partial charge in [-0.25, -0.2) is 9.97 Å². The van der Waals surface area contributed by atoms with Crippen molar-refractivity contribution in [3.8, 4) is 11.1 Å². The summed E-state index contributed by atoms with van der Waals surface area (Å²) in [7, 11) is 0. The van der Waals surface area contributed by atoms with Crippen molar-refractivity contribution in [3.63, 3.8) is 0 Å². The van der Waals surface area contributed by atoms with Crippen LogP contribution in [-0.4, -0.2) is 44.0 Å². The second kappa shape index (κ2) is 6.54. The molecule has 0 fully saturated rings. The molecule has 1 aliphatic rings. The van der Waals surface area contributed by atoms with Crippen LogP contribution in [0.25, 0.3) is 22.0 Å². The first kappa shape index (κ1) is 17.3. The molecule has 1 aliphatic heterocycles. The highest BCUT2D eigenvalue weighted by atomic mass is 35.5. The van der Waals surface area contributed by atoms with Gasteiger partial charge in [0.25, 0.3) is 0 Å². The normalized spacial score (nSPS) is 13.9. The van der Waals surface area contributed by atoms with Gasteiger partial charge >= 0.3 is 0 Å². The molecule has 0 aliphatic carbocycles. The Morgan fingerprint density at radius 3 is 2.77 bits per heavy atom. The zero-order valence-corrected chi connectivity index (χ0v) is 15.5.